The zero-order chi connectivity index (χ0) is 26.8. The number of alkyl halides is 3. The Bertz CT molecular complexity index is 1200. The van der Waals surface area contributed by atoms with Gasteiger partial charge in [0.1, 0.15) is 0 Å². The van der Waals surface area contributed by atoms with Gasteiger partial charge in [0, 0.05) is 35.5 Å². The number of ketones is 2. The minimum absolute atomic E-state index is 0.0531. The minimum Gasteiger partial charge on any atom is -0.386 e. The summed E-state index contributed by atoms with van der Waals surface area (Å²) in [4.78, 5) is 27.6. The Morgan fingerprint density at radius 2 is 1.67 bits per heavy atom. The number of nitrogens with zero attached hydrogens (tertiary/aromatic N) is 2. The molecule has 4 rings (SSSR count). The Morgan fingerprint density at radius 1 is 1.06 bits per heavy atom. The number of aliphatic hydroxyl groups is 1. The van der Waals surface area contributed by atoms with Crippen molar-refractivity contribution in [1.29, 1.82) is 0 Å². The van der Waals surface area contributed by atoms with Gasteiger partial charge in [-0.2, -0.15) is 13.2 Å². The molecule has 196 valence electrons. The first kappa shape index (κ1) is 26.6. The summed E-state index contributed by atoms with van der Waals surface area (Å²) < 4.78 is 41.4. The molecule has 1 fully saturated rings. The first-order valence-electron chi connectivity index (χ1n) is 12.4. The number of carbonyl (C=O) groups is 2. The van der Waals surface area contributed by atoms with Gasteiger partial charge >= 0.3 is 6.18 Å². The van der Waals surface area contributed by atoms with Crippen LogP contribution in [0.4, 0.5) is 13.2 Å². The van der Waals surface area contributed by atoms with Crippen molar-refractivity contribution in [2.24, 2.45) is 5.92 Å². The third-order valence-corrected chi connectivity index (χ3v) is 8.18. The van der Waals surface area contributed by atoms with Gasteiger partial charge in [0.15, 0.2) is 5.78 Å². The van der Waals surface area contributed by atoms with E-state index >= 15 is 0 Å². The van der Waals surface area contributed by atoms with Crippen LogP contribution >= 0.6 is 0 Å². The highest BCUT2D eigenvalue weighted by Gasteiger charge is 2.50. The van der Waals surface area contributed by atoms with E-state index in [4.69, 9.17) is 0 Å². The van der Waals surface area contributed by atoms with E-state index in [2.05, 4.69) is 4.90 Å². The van der Waals surface area contributed by atoms with Gasteiger partial charge in [-0.3, -0.25) is 14.5 Å². The van der Waals surface area contributed by atoms with Gasteiger partial charge < -0.3 is 9.67 Å². The molecule has 2 heterocycles. The third kappa shape index (κ3) is 4.43. The number of fused-ring (bicyclic) bond motifs is 2. The molecule has 0 amide bonds. The van der Waals surface area contributed by atoms with E-state index in [0.29, 0.717) is 43.5 Å². The van der Waals surface area contributed by atoms with Gasteiger partial charge in [-0.1, -0.05) is 12.1 Å². The Labute approximate surface area is 210 Å². The molecular formula is C28H35F3N2O3. The maximum absolute atomic E-state index is 13.4. The zero-order valence-corrected chi connectivity index (χ0v) is 21.8. The summed E-state index contributed by atoms with van der Waals surface area (Å²) in [6.07, 6.45) is -1.15. The monoisotopic (exact) mass is 504 g/mol. The summed E-state index contributed by atoms with van der Waals surface area (Å²) in [5.41, 5.74) is 0.617. The predicted octanol–water partition coefficient (Wildman–Crippen LogP) is 5.72. The average molecular weight is 505 g/mol. The Morgan fingerprint density at radius 3 is 2.19 bits per heavy atom. The van der Waals surface area contributed by atoms with Gasteiger partial charge in [0.2, 0.25) is 0 Å². The second-order valence-corrected chi connectivity index (χ2v) is 11.7. The van der Waals surface area contributed by atoms with Crippen molar-refractivity contribution in [3.05, 3.63) is 58.4 Å². The summed E-state index contributed by atoms with van der Waals surface area (Å²) in [6, 6.07) is 6.81. The van der Waals surface area contributed by atoms with Gasteiger partial charge in [-0.05, 0) is 90.6 Å². The van der Waals surface area contributed by atoms with Gasteiger partial charge in [0.25, 0.3) is 5.78 Å². The lowest BCUT2D eigenvalue weighted by molar-refractivity contribution is -0.0885. The number of carbonyl (C=O) groups excluding carboxylic acids is 2. The smallest absolute Gasteiger partial charge is 0.386 e. The van der Waals surface area contributed by atoms with E-state index in [-0.39, 0.29) is 17.3 Å². The van der Waals surface area contributed by atoms with Crippen molar-refractivity contribution < 1.29 is 27.9 Å². The van der Waals surface area contributed by atoms with Crippen LogP contribution in [0.1, 0.15) is 90.9 Å². The molecular weight excluding hydrogens is 469 g/mol. The lowest BCUT2D eigenvalue weighted by Gasteiger charge is -2.54. The number of aryl methyl sites for hydroxylation is 1. The summed E-state index contributed by atoms with van der Waals surface area (Å²) >= 11 is 0. The van der Waals surface area contributed by atoms with Crippen molar-refractivity contribution in [2.45, 2.75) is 83.2 Å². The highest BCUT2D eigenvalue weighted by Crippen LogP contribution is 2.49. The number of likely N-dealkylation sites (N-methyl/N-ethyl adjacent to an activating group) is 1. The standard InChI is InChI=1S/C28H35F3N2O3/c1-17-13-19(7-8-21(17)26(4,5)36)23(34)18-9-11-27(12-10-18)22-14-20(24(35)28(29,30)31)15-33(22)25(2,3)16-32(27)6/h7-8,13-15,18,36H,9-12,16H2,1-6H3. The number of aromatic nitrogens is 1. The molecule has 8 heteroatoms. The van der Waals surface area contributed by atoms with Crippen LogP contribution in [0, 0.1) is 12.8 Å². The SMILES string of the molecule is Cc1cc(C(=O)C2CCC3(CC2)c2cc(C(=O)C(F)(F)F)cn2C(C)(C)CN3C)ccc1C(C)(C)O. The Kier molecular flexibility index (Phi) is 6.32. The fraction of sp³-hybridized carbons (Fsp3) is 0.571. The van der Waals surface area contributed by atoms with Crippen molar-refractivity contribution in [3.8, 4) is 0 Å². The van der Waals surface area contributed by atoms with Crippen LogP contribution in [0.2, 0.25) is 0 Å². The molecule has 0 atom stereocenters. The van der Waals surface area contributed by atoms with E-state index in [1.54, 1.807) is 26.0 Å². The number of hydrogen-bond acceptors (Lipinski definition) is 4. The van der Waals surface area contributed by atoms with Crippen LogP contribution in [0.15, 0.2) is 30.5 Å². The predicted molar refractivity (Wildman–Crippen MR) is 131 cm³/mol. The summed E-state index contributed by atoms with van der Waals surface area (Å²) in [6.45, 7) is 9.83. The van der Waals surface area contributed by atoms with E-state index in [1.165, 1.54) is 12.3 Å². The van der Waals surface area contributed by atoms with Gasteiger partial charge in [-0.15, -0.1) is 0 Å². The van der Waals surface area contributed by atoms with Gasteiger partial charge in [-0.25, -0.2) is 0 Å². The second-order valence-electron chi connectivity index (χ2n) is 11.7. The van der Waals surface area contributed by atoms with Crippen LogP contribution < -0.4 is 0 Å². The molecule has 1 N–H and O–H groups in total. The molecule has 1 aliphatic carbocycles. The first-order valence-corrected chi connectivity index (χ1v) is 12.4. The van der Waals surface area contributed by atoms with Crippen molar-refractivity contribution in [3.63, 3.8) is 0 Å². The fourth-order valence-corrected chi connectivity index (χ4v) is 6.35. The molecule has 1 saturated carbocycles. The lowest BCUT2D eigenvalue weighted by Crippen LogP contribution is -2.58. The molecule has 1 aliphatic heterocycles. The topological polar surface area (TPSA) is 62.5 Å². The second kappa shape index (κ2) is 8.55. The summed E-state index contributed by atoms with van der Waals surface area (Å²) in [5.74, 6) is -1.96. The molecule has 0 radical (unpaired) electrons. The molecule has 5 nitrogen and oxygen atoms in total. The molecule has 36 heavy (non-hydrogen) atoms. The quantitative estimate of drug-likeness (QED) is 0.541. The average Bonchev–Trinajstić information content (AvgIpc) is 3.23. The van der Waals surface area contributed by atoms with Crippen LogP contribution in [0.3, 0.4) is 0 Å². The molecule has 1 spiro atoms. The number of hydrogen-bond donors (Lipinski definition) is 1. The molecule has 2 aromatic rings. The minimum atomic E-state index is -4.93. The van der Waals surface area contributed by atoms with Crippen molar-refractivity contribution >= 4 is 11.6 Å². The van der Waals surface area contributed by atoms with Crippen LogP contribution in [-0.2, 0) is 16.7 Å². The van der Waals surface area contributed by atoms with Gasteiger partial charge in [0.05, 0.1) is 16.7 Å². The Hall–Kier alpha value is -2.45. The highest BCUT2D eigenvalue weighted by molar-refractivity contribution is 6.00. The van der Waals surface area contributed by atoms with Crippen molar-refractivity contribution in [2.75, 3.05) is 13.6 Å². The normalized spacial score (nSPS) is 24.6. The number of rotatable bonds is 4. The molecule has 1 aromatic heterocycles. The van der Waals surface area contributed by atoms with Crippen LogP contribution in [0.25, 0.3) is 0 Å². The van der Waals surface area contributed by atoms with Crippen LogP contribution in [0.5, 0.6) is 0 Å². The summed E-state index contributed by atoms with van der Waals surface area (Å²) in [7, 11) is 1.98. The highest BCUT2D eigenvalue weighted by atomic mass is 19.4. The molecule has 1 aromatic carbocycles. The third-order valence-electron chi connectivity index (χ3n) is 8.18. The number of halogens is 3. The molecule has 0 unspecified atom stereocenters. The first-order chi connectivity index (χ1) is 16.5. The zero-order valence-electron chi connectivity index (χ0n) is 21.8. The van der Waals surface area contributed by atoms with E-state index < -0.39 is 28.6 Å². The fourth-order valence-electron chi connectivity index (χ4n) is 6.35. The molecule has 2 aliphatic rings. The number of benzene rings is 1. The maximum atomic E-state index is 13.4. The van der Waals surface area contributed by atoms with E-state index in [0.717, 1.165) is 11.1 Å². The molecule has 0 bridgehead atoms. The molecule has 0 saturated heterocycles. The maximum Gasteiger partial charge on any atom is 0.454 e. The largest absolute Gasteiger partial charge is 0.454 e. The van der Waals surface area contributed by atoms with E-state index in [9.17, 15) is 27.9 Å². The number of Topliss-reactive ketones (excluding diaryl/α,β-unsaturated/α-hetero) is 2. The van der Waals surface area contributed by atoms with E-state index in [1.807, 2.05) is 38.5 Å². The van der Waals surface area contributed by atoms with Crippen LogP contribution in [-0.4, -0.2) is 45.9 Å². The lowest BCUT2D eigenvalue weighted by atomic mass is 9.70. The van der Waals surface area contributed by atoms with Crippen molar-refractivity contribution in [1.82, 2.24) is 9.47 Å². The summed E-state index contributed by atoms with van der Waals surface area (Å²) in [5, 5.41) is 10.3. The Balaban J connectivity index is 1.61.